The highest BCUT2D eigenvalue weighted by Gasteiger charge is 2.56. The van der Waals surface area contributed by atoms with Crippen molar-refractivity contribution in [1.82, 2.24) is 30.2 Å². The Morgan fingerprint density at radius 3 is 2.08 bits per heavy atom. The smallest absolute Gasteiger partial charge is 0.326 e. The fraction of sp³-hybridized carbons (Fsp3) is 0.667. The van der Waals surface area contributed by atoms with Gasteiger partial charge in [0.2, 0.25) is 29.5 Å². The van der Waals surface area contributed by atoms with Gasteiger partial charge in [0.25, 0.3) is 11.8 Å². The number of hydrogen-bond donors (Lipinski definition) is 3. The van der Waals surface area contributed by atoms with Crippen molar-refractivity contribution in [1.29, 1.82) is 0 Å². The summed E-state index contributed by atoms with van der Waals surface area (Å²) in [6.45, 7) is 9.70. The van der Waals surface area contributed by atoms with Crippen molar-refractivity contribution in [2.75, 3.05) is 47.9 Å². The number of nitrogens with zero attached hydrogens (tertiary/aromatic N) is 4. The number of imide groups is 1. The predicted octanol–water partition coefficient (Wildman–Crippen LogP) is 3.19. The quantitative estimate of drug-likeness (QED) is 0.0908. The number of carboxylic acid groups (broad SMARTS) is 1. The number of likely N-dealkylation sites (N-methyl/N-ethyl adjacent to an activating group) is 2. The summed E-state index contributed by atoms with van der Waals surface area (Å²) in [4.78, 5) is 111. The number of likely N-dealkylation sites (tertiary alicyclic amines) is 1. The largest absolute Gasteiger partial charge is 0.480 e. The monoisotopic (exact) mass is 909 g/mol. The zero-order valence-corrected chi connectivity index (χ0v) is 39.7. The minimum absolute atomic E-state index is 0.0642. The summed E-state index contributed by atoms with van der Waals surface area (Å²) < 4.78 is 12.0. The minimum Gasteiger partial charge on any atom is -0.480 e. The SMILES string of the molecule is CC[C@H](C)[C@@H]([C@@H](CC(=O)N1CC2(CC2)C[C@H]1[C@H](OC)[C@@H](C)C(=O)N[C@@H](Cc1ccccc1)C(=O)O)OC)N(C)C(=O)CNC(=O)[C@H](C(C)C)N(C)C(=O)CCCCCN1C(=O)C=CC1=O. The molecule has 0 aromatic heterocycles. The van der Waals surface area contributed by atoms with E-state index in [-0.39, 0.29) is 73.2 Å². The van der Waals surface area contributed by atoms with Crippen LogP contribution in [0.4, 0.5) is 0 Å². The van der Waals surface area contributed by atoms with Gasteiger partial charge in [0.05, 0.1) is 43.2 Å². The van der Waals surface area contributed by atoms with Crippen LogP contribution in [0, 0.1) is 23.2 Å². The molecule has 0 bridgehead atoms. The molecule has 0 unspecified atom stereocenters. The van der Waals surface area contributed by atoms with E-state index in [1.807, 2.05) is 45.9 Å². The zero-order chi connectivity index (χ0) is 48.2. The zero-order valence-electron chi connectivity index (χ0n) is 39.7. The van der Waals surface area contributed by atoms with Gasteiger partial charge in [-0.2, -0.15) is 0 Å². The van der Waals surface area contributed by atoms with E-state index in [1.54, 1.807) is 38.1 Å². The third-order valence-electron chi connectivity index (χ3n) is 13.7. The summed E-state index contributed by atoms with van der Waals surface area (Å²) in [6.07, 6.45) is 6.07. The van der Waals surface area contributed by atoms with Gasteiger partial charge in [-0.25, -0.2) is 4.79 Å². The normalized spacial score (nSPS) is 19.6. The highest BCUT2D eigenvalue weighted by atomic mass is 16.5. The van der Waals surface area contributed by atoms with E-state index in [0.717, 1.165) is 18.4 Å². The summed E-state index contributed by atoms with van der Waals surface area (Å²) in [6, 6.07) is 6.04. The number of rotatable bonds is 26. The molecule has 1 saturated carbocycles. The molecule has 3 aliphatic rings. The fourth-order valence-corrected chi connectivity index (χ4v) is 9.46. The molecular weight excluding hydrogens is 837 g/mol. The Morgan fingerprint density at radius 1 is 0.877 bits per heavy atom. The first-order valence-corrected chi connectivity index (χ1v) is 23.0. The van der Waals surface area contributed by atoms with E-state index in [2.05, 4.69) is 10.6 Å². The van der Waals surface area contributed by atoms with Crippen LogP contribution in [0.5, 0.6) is 0 Å². The van der Waals surface area contributed by atoms with E-state index in [4.69, 9.17) is 9.47 Å². The molecule has 17 nitrogen and oxygen atoms in total. The van der Waals surface area contributed by atoms with Crippen LogP contribution in [-0.2, 0) is 54.3 Å². The number of aliphatic carboxylic acids is 1. The number of carbonyl (C=O) groups excluding carboxylic acids is 7. The second kappa shape index (κ2) is 23.9. The van der Waals surface area contributed by atoms with Crippen molar-refractivity contribution in [3.63, 3.8) is 0 Å². The lowest BCUT2D eigenvalue weighted by molar-refractivity contribution is -0.147. The van der Waals surface area contributed by atoms with Crippen molar-refractivity contribution in [3.05, 3.63) is 48.0 Å². The highest BCUT2D eigenvalue weighted by Crippen LogP contribution is 2.56. The topological polar surface area (TPSA) is 212 Å². The van der Waals surface area contributed by atoms with E-state index < -0.39 is 66.0 Å². The number of benzene rings is 1. The number of nitrogens with one attached hydrogen (secondary N) is 2. The average Bonchev–Trinajstić information content (AvgIpc) is 3.82. The Kier molecular flexibility index (Phi) is 19.3. The molecule has 1 saturated heterocycles. The van der Waals surface area contributed by atoms with Crippen LogP contribution in [0.3, 0.4) is 0 Å². The van der Waals surface area contributed by atoms with Crippen LogP contribution in [0.1, 0.15) is 98.0 Å². The molecule has 3 N–H and O–H groups in total. The van der Waals surface area contributed by atoms with Gasteiger partial charge in [-0.15, -0.1) is 0 Å². The number of unbranched alkanes of at least 4 members (excludes halogenated alkanes) is 2. The summed E-state index contributed by atoms with van der Waals surface area (Å²) >= 11 is 0. The molecule has 360 valence electrons. The lowest BCUT2D eigenvalue weighted by Crippen LogP contribution is -2.56. The maximum Gasteiger partial charge on any atom is 0.326 e. The van der Waals surface area contributed by atoms with Gasteiger partial charge in [-0.05, 0) is 54.9 Å². The molecule has 0 radical (unpaired) electrons. The fourth-order valence-electron chi connectivity index (χ4n) is 9.46. The number of hydrogen-bond acceptors (Lipinski definition) is 10. The van der Waals surface area contributed by atoms with E-state index in [9.17, 15) is 43.5 Å². The van der Waals surface area contributed by atoms with Crippen molar-refractivity contribution >= 4 is 47.3 Å². The van der Waals surface area contributed by atoms with E-state index in [0.29, 0.717) is 38.6 Å². The second-order valence-corrected chi connectivity index (χ2v) is 18.6. The Bertz CT molecular complexity index is 1870. The maximum absolute atomic E-state index is 14.5. The Hall–Kier alpha value is -5.16. The summed E-state index contributed by atoms with van der Waals surface area (Å²) in [5.41, 5.74) is 0.682. The third kappa shape index (κ3) is 13.7. The van der Waals surface area contributed by atoms with Crippen LogP contribution in [-0.4, -0.2) is 156 Å². The molecule has 2 aliphatic heterocycles. The average molecular weight is 909 g/mol. The van der Waals surface area contributed by atoms with Gasteiger partial charge in [-0.3, -0.25) is 38.5 Å². The molecule has 1 spiro atoms. The third-order valence-corrected chi connectivity index (χ3v) is 13.7. The minimum atomic E-state index is -1.16. The van der Waals surface area contributed by atoms with Crippen LogP contribution < -0.4 is 10.6 Å². The van der Waals surface area contributed by atoms with Crippen LogP contribution in [0.25, 0.3) is 0 Å². The lowest BCUT2D eigenvalue weighted by Gasteiger charge is -2.39. The number of methoxy groups -OCH3 is 2. The molecule has 7 amide bonds. The number of carbonyl (C=O) groups is 8. The molecule has 1 aromatic rings. The van der Waals surface area contributed by atoms with E-state index in [1.165, 1.54) is 41.1 Å². The maximum atomic E-state index is 14.5. The molecule has 8 atom stereocenters. The van der Waals surface area contributed by atoms with Crippen LogP contribution >= 0.6 is 0 Å². The Morgan fingerprint density at radius 2 is 1.52 bits per heavy atom. The first kappa shape index (κ1) is 52.5. The van der Waals surface area contributed by atoms with E-state index >= 15 is 0 Å². The highest BCUT2D eigenvalue weighted by molar-refractivity contribution is 6.12. The predicted molar refractivity (Wildman–Crippen MR) is 242 cm³/mol. The standard InChI is InChI=1S/C48H72N6O11/c1-10-31(4)43(52(7)41(59)28-49-46(61)42(30(2)3)51(6)37(55)19-15-12-16-24-53-38(56)20-21-39(53)57)36(64-8)26-40(58)54-29-48(22-23-48)27-35(54)44(65-9)32(5)45(60)50-34(47(62)63)25-33-17-13-11-14-18-33/h11,13-14,17-18,20-21,30-32,34-36,42-44H,10,12,15-16,19,22-29H2,1-9H3,(H,49,61)(H,50,60)(H,62,63)/t31-,32+,34-,35-,36+,42-,43-,44+/m0/s1. The second-order valence-electron chi connectivity index (χ2n) is 18.6. The van der Waals surface area contributed by atoms with Crippen molar-refractivity contribution < 1.29 is 52.9 Å². The van der Waals surface area contributed by atoms with Gasteiger partial charge in [0, 0.05) is 66.4 Å². The first-order chi connectivity index (χ1) is 30.8. The van der Waals surface area contributed by atoms with Crippen molar-refractivity contribution in [2.24, 2.45) is 23.2 Å². The van der Waals surface area contributed by atoms with Gasteiger partial charge in [0.15, 0.2) is 0 Å². The van der Waals surface area contributed by atoms with Gasteiger partial charge in [-0.1, -0.05) is 77.8 Å². The molecule has 1 aliphatic carbocycles. The molecule has 65 heavy (non-hydrogen) atoms. The molecule has 2 fully saturated rings. The Labute approximate surface area is 384 Å². The van der Waals surface area contributed by atoms with Crippen molar-refractivity contribution in [2.45, 2.75) is 135 Å². The van der Waals surface area contributed by atoms with Gasteiger partial charge in [0.1, 0.15) is 12.1 Å². The Balaban J connectivity index is 1.38. The van der Waals surface area contributed by atoms with Gasteiger partial charge >= 0.3 is 5.97 Å². The van der Waals surface area contributed by atoms with Crippen molar-refractivity contribution in [3.8, 4) is 0 Å². The molecule has 4 rings (SSSR count). The first-order valence-electron chi connectivity index (χ1n) is 23.0. The summed E-state index contributed by atoms with van der Waals surface area (Å²) in [5.74, 6) is -4.83. The van der Waals surface area contributed by atoms with Gasteiger partial charge < -0.3 is 39.9 Å². The number of amides is 7. The summed E-state index contributed by atoms with van der Waals surface area (Å²) in [5, 5.41) is 15.4. The summed E-state index contributed by atoms with van der Waals surface area (Å²) in [7, 11) is 6.19. The molecular formula is C48H72N6O11. The molecule has 1 aromatic carbocycles. The molecule has 17 heteroatoms. The number of ether oxygens (including phenoxy) is 2. The lowest BCUT2D eigenvalue weighted by atomic mass is 9.90. The number of carboxylic acids is 1. The van der Waals surface area contributed by atoms with Crippen LogP contribution in [0.15, 0.2) is 42.5 Å². The molecule has 2 heterocycles. The van der Waals surface area contributed by atoms with Crippen LogP contribution in [0.2, 0.25) is 0 Å².